The number of carboxylic acid groups (broad SMARTS) is 1. The lowest BCUT2D eigenvalue weighted by atomic mass is 10.00. The van der Waals surface area contributed by atoms with E-state index in [4.69, 9.17) is 5.11 Å². The standard InChI is InChI=1S/C20H17F3N2O2/c21-20(22,23)10-9-18(13-5-7-14(8-6-13)19(26)27)25-16-11-15-3-1-2-4-17(15)24-12-16/h1-8,11-12,18,25H,9-10H2,(H,26,27). The Balaban J connectivity index is 1.86. The van der Waals surface area contributed by atoms with E-state index < -0.39 is 24.6 Å². The average Bonchev–Trinajstić information content (AvgIpc) is 2.64. The second kappa shape index (κ2) is 7.65. The van der Waals surface area contributed by atoms with E-state index in [-0.39, 0.29) is 12.0 Å². The van der Waals surface area contributed by atoms with E-state index in [0.29, 0.717) is 11.3 Å². The minimum atomic E-state index is -4.28. The van der Waals surface area contributed by atoms with Crippen LogP contribution in [-0.2, 0) is 0 Å². The molecule has 0 saturated carbocycles. The molecular formula is C20H17F3N2O2. The van der Waals surface area contributed by atoms with E-state index in [2.05, 4.69) is 10.3 Å². The number of alkyl halides is 3. The number of halogens is 3. The topological polar surface area (TPSA) is 62.2 Å². The van der Waals surface area contributed by atoms with Crippen molar-refractivity contribution >= 4 is 22.6 Å². The van der Waals surface area contributed by atoms with Crippen LogP contribution in [0.1, 0.15) is 34.8 Å². The summed E-state index contributed by atoms with van der Waals surface area (Å²) in [4.78, 5) is 15.3. The largest absolute Gasteiger partial charge is 0.478 e. The predicted octanol–water partition coefficient (Wildman–Crippen LogP) is 5.43. The Bertz CT molecular complexity index is 940. The molecule has 1 heterocycles. The molecule has 0 amide bonds. The van der Waals surface area contributed by atoms with Crippen LogP contribution in [0.4, 0.5) is 18.9 Å². The number of hydrogen-bond donors (Lipinski definition) is 2. The fourth-order valence-corrected chi connectivity index (χ4v) is 2.84. The molecule has 1 unspecified atom stereocenters. The van der Waals surface area contributed by atoms with Gasteiger partial charge in [0, 0.05) is 11.8 Å². The zero-order valence-corrected chi connectivity index (χ0v) is 14.2. The molecule has 0 fully saturated rings. The minimum Gasteiger partial charge on any atom is -0.478 e. The third-order valence-corrected chi connectivity index (χ3v) is 4.21. The normalized spacial score (nSPS) is 12.7. The highest BCUT2D eigenvalue weighted by molar-refractivity contribution is 5.87. The number of carbonyl (C=O) groups is 1. The summed E-state index contributed by atoms with van der Waals surface area (Å²) in [5, 5.41) is 13.0. The van der Waals surface area contributed by atoms with Crippen LogP contribution in [-0.4, -0.2) is 22.2 Å². The first-order valence-corrected chi connectivity index (χ1v) is 8.33. The number of para-hydroxylation sites is 1. The number of pyridine rings is 1. The van der Waals surface area contributed by atoms with Gasteiger partial charge in [-0.05, 0) is 36.2 Å². The summed E-state index contributed by atoms with van der Waals surface area (Å²) in [5.74, 6) is -1.08. The number of nitrogens with zero attached hydrogens (tertiary/aromatic N) is 1. The summed E-state index contributed by atoms with van der Waals surface area (Å²) in [6, 6.07) is 14.5. The van der Waals surface area contributed by atoms with Crippen LogP contribution >= 0.6 is 0 Å². The van der Waals surface area contributed by atoms with Crippen molar-refractivity contribution in [2.24, 2.45) is 0 Å². The smallest absolute Gasteiger partial charge is 0.389 e. The molecule has 0 aliphatic rings. The molecule has 140 valence electrons. The quantitative estimate of drug-likeness (QED) is 0.604. The van der Waals surface area contributed by atoms with Gasteiger partial charge in [0.15, 0.2) is 0 Å². The van der Waals surface area contributed by atoms with E-state index in [1.807, 2.05) is 30.3 Å². The molecule has 1 atom stereocenters. The average molecular weight is 374 g/mol. The fourth-order valence-electron chi connectivity index (χ4n) is 2.84. The molecule has 0 aliphatic heterocycles. The zero-order chi connectivity index (χ0) is 19.4. The summed E-state index contributed by atoms with van der Waals surface area (Å²) in [6.45, 7) is 0. The zero-order valence-electron chi connectivity index (χ0n) is 14.2. The Labute approximate surface area is 153 Å². The van der Waals surface area contributed by atoms with Crippen LogP contribution in [0.3, 0.4) is 0 Å². The number of benzene rings is 2. The van der Waals surface area contributed by atoms with Crippen LogP contribution in [0.25, 0.3) is 10.9 Å². The van der Waals surface area contributed by atoms with Gasteiger partial charge in [0.25, 0.3) is 0 Å². The maximum Gasteiger partial charge on any atom is 0.389 e. The van der Waals surface area contributed by atoms with Gasteiger partial charge < -0.3 is 10.4 Å². The van der Waals surface area contributed by atoms with Gasteiger partial charge in [-0.1, -0.05) is 30.3 Å². The number of rotatable bonds is 6. The molecule has 0 bridgehead atoms. The van der Waals surface area contributed by atoms with Crippen molar-refractivity contribution in [1.29, 1.82) is 0 Å². The van der Waals surface area contributed by atoms with Crippen molar-refractivity contribution in [3.63, 3.8) is 0 Å². The molecule has 0 radical (unpaired) electrons. The Morgan fingerprint density at radius 2 is 1.81 bits per heavy atom. The summed E-state index contributed by atoms with van der Waals surface area (Å²) in [5.41, 5.74) is 2.06. The molecule has 0 saturated heterocycles. The molecule has 3 rings (SSSR count). The van der Waals surface area contributed by atoms with Gasteiger partial charge in [-0.25, -0.2) is 4.79 Å². The van der Waals surface area contributed by atoms with Crippen molar-refractivity contribution in [2.75, 3.05) is 5.32 Å². The number of hydrogen-bond acceptors (Lipinski definition) is 3. The highest BCUT2D eigenvalue weighted by atomic mass is 19.4. The van der Waals surface area contributed by atoms with Crippen LogP contribution in [0, 0.1) is 0 Å². The van der Waals surface area contributed by atoms with Gasteiger partial charge in [0.05, 0.1) is 29.0 Å². The minimum absolute atomic E-state index is 0.0840. The van der Waals surface area contributed by atoms with Crippen molar-refractivity contribution in [3.8, 4) is 0 Å². The van der Waals surface area contributed by atoms with E-state index in [1.165, 1.54) is 24.3 Å². The summed E-state index contributed by atoms with van der Waals surface area (Å²) >= 11 is 0. The SMILES string of the molecule is O=C(O)c1ccc(C(CCC(F)(F)F)Nc2cnc3ccccc3c2)cc1. The highest BCUT2D eigenvalue weighted by Gasteiger charge is 2.29. The molecule has 0 spiro atoms. The monoisotopic (exact) mass is 374 g/mol. The maximum atomic E-state index is 12.7. The molecule has 7 heteroatoms. The number of anilines is 1. The molecule has 3 aromatic rings. The van der Waals surface area contributed by atoms with Gasteiger partial charge in [-0.3, -0.25) is 4.98 Å². The van der Waals surface area contributed by atoms with Crippen molar-refractivity contribution in [3.05, 3.63) is 71.9 Å². The second-order valence-corrected chi connectivity index (χ2v) is 6.19. The Morgan fingerprint density at radius 3 is 2.48 bits per heavy atom. The van der Waals surface area contributed by atoms with Crippen molar-refractivity contribution < 1.29 is 23.1 Å². The third kappa shape index (κ3) is 4.97. The van der Waals surface area contributed by atoms with E-state index in [9.17, 15) is 18.0 Å². The molecule has 2 N–H and O–H groups in total. The number of aromatic carboxylic acids is 1. The first kappa shape index (κ1) is 18.7. The van der Waals surface area contributed by atoms with E-state index in [0.717, 1.165) is 10.9 Å². The Morgan fingerprint density at radius 1 is 1.11 bits per heavy atom. The number of nitrogens with one attached hydrogen (secondary N) is 1. The molecule has 0 aliphatic carbocycles. The number of carboxylic acids is 1. The lowest BCUT2D eigenvalue weighted by Gasteiger charge is -2.21. The van der Waals surface area contributed by atoms with E-state index >= 15 is 0 Å². The van der Waals surface area contributed by atoms with Gasteiger partial charge in [-0.2, -0.15) is 13.2 Å². The molecular weight excluding hydrogens is 357 g/mol. The van der Waals surface area contributed by atoms with Crippen molar-refractivity contribution in [2.45, 2.75) is 25.1 Å². The van der Waals surface area contributed by atoms with Crippen LogP contribution in [0.15, 0.2) is 60.8 Å². The third-order valence-electron chi connectivity index (χ3n) is 4.21. The van der Waals surface area contributed by atoms with Crippen LogP contribution in [0.5, 0.6) is 0 Å². The first-order valence-electron chi connectivity index (χ1n) is 8.33. The lowest BCUT2D eigenvalue weighted by Crippen LogP contribution is -2.16. The van der Waals surface area contributed by atoms with Crippen LogP contribution < -0.4 is 5.32 Å². The first-order chi connectivity index (χ1) is 12.8. The number of aromatic nitrogens is 1. The molecule has 2 aromatic carbocycles. The second-order valence-electron chi connectivity index (χ2n) is 6.19. The van der Waals surface area contributed by atoms with E-state index in [1.54, 1.807) is 6.20 Å². The lowest BCUT2D eigenvalue weighted by molar-refractivity contribution is -0.136. The molecule has 4 nitrogen and oxygen atoms in total. The summed E-state index contributed by atoms with van der Waals surface area (Å²) in [6.07, 6.45) is -3.83. The molecule has 27 heavy (non-hydrogen) atoms. The highest BCUT2D eigenvalue weighted by Crippen LogP contribution is 2.31. The summed E-state index contributed by atoms with van der Waals surface area (Å²) < 4.78 is 38.2. The van der Waals surface area contributed by atoms with Crippen molar-refractivity contribution in [1.82, 2.24) is 4.98 Å². The fraction of sp³-hybridized carbons (Fsp3) is 0.200. The Hall–Kier alpha value is -3.09. The predicted molar refractivity (Wildman–Crippen MR) is 96.8 cm³/mol. The Kier molecular flexibility index (Phi) is 5.30. The van der Waals surface area contributed by atoms with Crippen LogP contribution in [0.2, 0.25) is 0 Å². The van der Waals surface area contributed by atoms with Gasteiger partial charge in [0.1, 0.15) is 0 Å². The maximum absolute atomic E-state index is 12.7. The molecule has 1 aromatic heterocycles. The van der Waals surface area contributed by atoms with Gasteiger partial charge in [-0.15, -0.1) is 0 Å². The van der Waals surface area contributed by atoms with Gasteiger partial charge in [0.2, 0.25) is 0 Å². The number of fused-ring (bicyclic) bond motifs is 1. The van der Waals surface area contributed by atoms with Gasteiger partial charge >= 0.3 is 12.1 Å². The summed E-state index contributed by atoms with van der Waals surface area (Å²) in [7, 11) is 0.